The van der Waals surface area contributed by atoms with Crippen molar-refractivity contribution < 1.29 is 28.6 Å². The van der Waals surface area contributed by atoms with Gasteiger partial charge in [0.1, 0.15) is 13.2 Å². The van der Waals surface area contributed by atoms with Gasteiger partial charge in [-0.25, -0.2) is 0 Å². The van der Waals surface area contributed by atoms with Crippen LogP contribution in [0.4, 0.5) is 0 Å². The topological polar surface area (TPSA) is 78.9 Å². The van der Waals surface area contributed by atoms with Gasteiger partial charge in [-0.15, -0.1) is 0 Å². The molecule has 1 atom stereocenters. The van der Waals surface area contributed by atoms with Crippen LogP contribution in [0.2, 0.25) is 0 Å². The number of rotatable bonds is 64. The van der Waals surface area contributed by atoms with Crippen LogP contribution in [0.3, 0.4) is 0 Å². The van der Waals surface area contributed by atoms with E-state index >= 15 is 0 Å². The molecule has 0 rings (SSSR count). The maximum Gasteiger partial charge on any atom is 0.306 e. The van der Waals surface area contributed by atoms with Crippen LogP contribution in [0.15, 0.2) is 97.2 Å². The van der Waals surface area contributed by atoms with Crippen molar-refractivity contribution in [2.75, 3.05) is 13.2 Å². The monoisotopic (exact) mass is 1140 g/mol. The second-order valence-electron chi connectivity index (χ2n) is 23.4. The molecule has 0 aromatic carbocycles. The van der Waals surface area contributed by atoms with E-state index in [2.05, 4.69) is 118 Å². The van der Waals surface area contributed by atoms with Gasteiger partial charge in [0.15, 0.2) is 6.10 Å². The SMILES string of the molecule is CC/C=C\C/C=C\C/C=C\C/C=C\CCCCCCCCCCCCC(=O)OCC(COC(=O)CCCCCCCCCCCCCCCCCCCCCC)OC(=O)CCCCCCCCCC/C=C\C/C=C\C/C=C\C/C=C\CC. The molecular weight excluding hydrogens is 1010 g/mol. The van der Waals surface area contributed by atoms with E-state index in [9.17, 15) is 14.4 Å². The van der Waals surface area contributed by atoms with E-state index in [1.54, 1.807) is 0 Å². The molecule has 0 heterocycles. The predicted molar refractivity (Wildman–Crippen MR) is 357 cm³/mol. The summed E-state index contributed by atoms with van der Waals surface area (Å²) >= 11 is 0. The van der Waals surface area contributed by atoms with Gasteiger partial charge in [0.05, 0.1) is 0 Å². The molecule has 1 unspecified atom stereocenters. The maximum absolute atomic E-state index is 13.0. The number of unbranched alkanes of at least 4 members (excludes halogenated alkanes) is 37. The Labute approximate surface area is 508 Å². The highest BCUT2D eigenvalue weighted by molar-refractivity contribution is 5.71. The molecule has 0 N–H and O–H groups in total. The van der Waals surface area contributed by atoms with Crippen molar-refractivity contribution in [2.24, 2.45) is 0 Å². The number of hydrogen-bond acceptors (Lipinski definition) is 6. The summed E-state index contributed by atoms with van der Waals surface area (Å²) < 4.78 is 17.0. The fraction of sp³-hybridized carbons (Fsp3) is 0.750. The first-order valence-corrected chi connectivity index (χ1v) is 35.2. The molecule has 0 bridgehead atoms. The van der Waals surface area contributed by atoms with Gasteiger partial charge in [-0.05, 0) is 96.3 Å². The Morgan fingerprint density at radius 2 is 0.476 bits per heavy atom. The standard InChI is InChI=1S/C76H132O6/c1-4-7-10-13-16-19-22-25-28-31-34-37-38-40-42-45-48-51-54-57-60-63-66-69-75(78)81-72-73(71-80-74(77)68-65-62-59-56-53-50-47-44-41-36-33-30-27-24-21-18-15-12-9-6-3)82-76(79)70-67-64-61-58-55-52-49-46-43-39-35-32-29-26-23-20-17-14-11-8-5-2/h7-8,10-11,16-17,19-20,25-26,28-29,34-35,37,39,73H,4-6,9,12-15,18,21-24,27,30-33,36,38,40-72H2,1-3H3/b10-7-,11-8-,19-16-,20-17-,28-25-,29-26-,37-34-,39-35-. The number of carbonyl (C=O) groups is 3. The molecule has 0 saturated carbocycles. The normalized spacial score (nSPS) is 12.7. The van der Waals surface area contributed by atoms with Crippen LogP contribution in [0.5, 0.6) is 0 Å². The highest BCUT2D eigenvalue weighted by Crippen LogP contribution is 2.18. The summed E-state index contributed by atoms with van der Waals surface area (Å²) in [7, 11) is 0. The van der Waals surface area contributed by atoms with Crippen molar-refractivity contribution in [1.29, 1.82) is 0 Å². The number of allylic oxidation sites excluding steroid dienone is 16. The van der Waals surface area contributed by atoms with E-state index in [0.29, 0.717) is 19.3 Å². The van der Waals surface area contributed by atoms with Crippen molar-refractivity contribution in [3.8, 4) is 0 Å². The highest BCUT2D eigenvalue weighted by atomic mass is 16.6. The van der Waals surface area contributed by atoms with E-state index in [-0.39, 0.29) is 31.1 Å². The first-order chi connectivity index (χ1) is 40.5. The number of ether oxygens (including phenoxy) is 3. The first-order valence-electron chi connectivity index (χ1n) is 35.2. The molecule has 82 heavy (non-hydrogen) atoms. The van der Waals surface area contributed by atoms with E-state index in [1.807, 2.05) is 0 Å². The van der Waals surface area contributed by atoms with Gasteiger partial charge in [-0.1, -0.05) is 330 Å². The highest BCUT2D eigenvalue weighted by Gasteiger charge is 2.19. The third kappa shape index (κ3) is 67.1. The quantitative estimate of drug-likeness (QED) is 0.0261. The van der Waals surface area contributed by atoms with Crippen LogP contribution in [0.1, 0.15) is 348 Å². The number of carbonyl (C=O) groups excluding carboxylic acids is 3. The molecule has 0 saturated heterocycles. The second-order valence-corrected chi connectivity index (χ2v) is 23.4. The third-order valence-electron chi connectivity index (χ3n) is 15.3. The molecule has 0 aliphatic carbocycles. The van der Waals surface area contributed by atoms with Crippen molar-refractivity contribution in [3.05, 3.63) is 97.2 Å². The summed E-state index contributed by atoms with van der Waals surface area (Å²) in [5, 5.41) is 0. The Morgan fingerprint density at radius 3 is 0.744 bits per heavy atom. The van der Waals surface area contributed by atoms with Crippen LogP contribution in [-0.4, -0.2) is 37.2 Å². The lowest BCUT2D eigenvalue weighted by molar-refractivity contribution is -0.167. The zero-order valence-corrected chi connectivity index (χ0v) is 54.2. The third-order valence-corrected chi connectivity index (χ3v) is 15.3. The molecule has 0 spiro atoms. The van der Waals surface area contributed by atoms with Crippen molar-refractivity contribution in [2.45, 2.75) is 354 Å². The minimum Gasteiger partial charge on any atom is -0.462 e. The Balaban J connectivity index is 4.38. The van der Waals surface area contributed by atoms with Crippen LogP contribution in [0, 0.1) is 0 Å². The average Bonchev–Trinajstić information content (AvgIpc) is 3.47. The molecular formula is C76H132O6. The van der Waals surface area contributed by atoms with Crippen molar-refractivity contribution in [1.82, 2.24) is 0 Å². The van der Waals surface area contributed by atoms with Gasteiger partial charge >= 0.3 is 17.9 Å². The smallest absolute Gasteiger partial charge is 0.306 e. The fourth-order valence-corrected chi connectivity index (χ4v) is 10.1. The van der Waals surface area contributed by atoms with Gasteiger partial charge in [-0.2, -0.15) is 0 Å². The van der Waals surface area contributed by atoms with E-state index in [1.165, 1.54) is 193 Å². The van der Waals surface area contributed by atoms with Gasteiger partial charge in [-0.3, -0.25) is 14.4 Å². The zero-order chi connectivity index (χ0) is 59.2. The summed E-state index contributed by atoms with van der Waals surface area (Å²) in [5.74, 6) is -0.872. The zero-order valence-electron chi connectivity index (χ0n) is 54.2. The summed E-state index contributed by atoms with van der Waals surface area (Å²) in [5.41, 5.74) is 0. The lowest BCUT2D eigenvalue weighted by Gasteiger charge is -2.18. The van der Waals surface area contributed by atoms with Crippen molar-refractivity contribution >= 4 is 17.9 Å². The minimum absolute atomic E-state index is 0.0788. The van der Waals surface area contributed by atoms with Crippen LogP contribution < -0.4 is 0 Å². The largest absolute Gasteiger partial charge is 0.462 e. The van der Waals surface area contributed by atoms with E-state index < -0.39 is 6.10 Å². The summed E-state index contributed by atoms with van der Waals surface area (Å²) in [4.78, 5) is 38.5. The molecule has 6 heteroatoms. The Hall–Kier alpha value is -3.67. The van der Waals surface area contributed by atoms with Crippen LogP contribution >= 0.6 is 0 Å². The summed E-state index contributed by atoms with van der Waals surface area (Å²) in [6, 6.07) is 0. The average molecular weight is 1140 g/mol. The molecule has 0 amide bonds. The van der Waals surface area contributed by atoms with Crippen LogP contribution in [0.25, 0.3) is 0 Å². The first kappa shape index (κ1) is 78.3. The Morgan fingerprint density at radius 1 is 0.256 bits per heavy atom. The Bertz CT molecular complexity index is 1590. The van der Waals surface area contributed by atoms with Gasteiger partial charge in [0, 0.05) is 19.3 Å². The number of hydrogen-bond donors (Lipinski definition) is 0. The predicted octanol–water partition coefficient (Wildman–Crippen LogP) is 24.4. The molecule has 6 nitrogen and oxygen atoms in total. The van der Waals surface area contributed by atoms with Crippen LogP contribution in [-0.2, 0) is 28.6 Å². The van der Waals surface area contributed by atoms with Gasteiger partial charge < -0.3 is 14.2 Å². The second kappa shape index (κ2) is 69.8. The minimum atomic E-state index is -0.785. The van der Waals surface area contributed by atoms with Gasteiger partial charge in [0.25, 0.3) is 0 Å². The molecule has 0 aliphatic heterocycles. The van der Waals surface area contributed by atoms with Crippen molar-refractivity contribution in [3.63, 3.8) is 0 Å². The lowest BCUT2D eigenvalue weighted by atomic mass is 10.0. The fourth-order valence-electron chi connectivity index (χ4n) is 10.1. The van der Waals surface area contributed by atoms with E-state index in [4.69, 9.17) is 14.2 Å². The molecule has 0 aromatic heterocycles. The van der Waals surface area contributed by atoms with Gasteiger partial charge in [0.2, 0.25) is 0 Å². The lowest BCUT2D eigenvalue weighted by Crippen LogP contribution is -2.30. The molecule has 0 aromatic rings. The van der Waals surface area contributed by atoms with E-state index in [0.717, 1.165) is 116 Å². The Kier molecular flexibility index (Phi) is 66.7. The molecule has 0 fully saturated rings. The summed E-state index contributed by atoms with van der Waals surface area (Å²) in [6.07, 6.45) is 94.2. The maximum atomic E-state index is 13.0. The molecule has 0 aliphatic rings. The molecule has 472 valence electrons. The molecule has 0 radical (unpaired) electrons. The summed E-state index contributed by atoms with van der Waals surface area (Å²) in [6.45, 7) is 6.46. The number of esters is 3.